The number of likely N-dealkylation sites (N-methyl/N-ethyl adjacent to an activating group) is 1. The van der Waals surface area contributed by atoms with Crippen LogP contribution in [0.5, 0.6) is 5.88 Å². The standard InChI is InChI=1S/C18H30N4O3/c1-15(14-22-9-7-21(2)8-10-22)13-20-17(23)16-5-4-6-19-18(16)25-12-11-24-3/h4-6,15H,7-14H2,1-3H3,(H,20,23). The number of nitrogens with zero attached hydrogens (tertiary/aromatic N) is 3. The zero-order valence-electron chi connectivity index (χ0n) is 15.5. The third-order valence-corrected chi connectivity index (χ3v) is 4.32. The summed E-state index contributed by atoms with van der Waals surface area (Å²) in [4.78, 5) is 21.4. The van der Waals surface area contributed by atoms with Crippen molar-refractivity contribution in [1.29, 1.82) is 0 Å². The first-order chi connectivity index (χ1) is 12.1. The number of piperazine rings is 1. The number of pyridine rings is 1. The van der Waals surface area contributed by atoms with E-state index in [4.69, 9.17) is 9.47 Å². The van der Waals surface area contributed by atoms with Crippen LogP contribution in [-0.4, -0.2) is 87.3 Å². The first-order valence-electron chi connectivity index (χ1n) is 8.86. The maximum absolute atomic E-state index is 12.5. The van der Waals surface area contributed by atoms with Crippen molar-refractivity contribution in [3.05, 3.63) is 23.9 Å². The van der Waals surface area contributed by atoms with Crippen LogP contribution in [0.2, 0.25) is 0 Å². The van der Waals surface area contributed by atoms with Crippen LogP contribution < -0.4 is 10.1 Å². The zero-order chi connectivity index (χ0) is 18.1. The number of aromatic nitrogens is 1. The molecule has 0 aromatic carbocycles. The van der Waals surface area contributed by atoms with Gasteiger partial charge in [-0.1, -0.05) is 6.92 Å². The van der Waals surface area contributed by atoms with Gasteiger partial charge in [-0.2, -0.15) is 0 Å². The van der Waals surface area contributed by atoms with E-state index in [-0.39, 0.29) is 5.91 Å². The minimum absolute atomic E-state index is 0.147. The van der Waals surface area contributed by atoms with Gasteiger partial charge in [-0.25, -0.2) is 4.98 Å². The van der Waals surface area contributed by atoms with E-state index >= 15 is 0 Å². The van der Waals surface area contributed by atoms with E-state index < -0.39 is 0 Å². The van der Waals surface area contributed by atoms with Crippen LogP contribution >= 0.6 is 0 Å². The SMILES string of the molecule is COCCOc1ncccc1C(=O)NCC(C)CN1CCN(C)CC1. The molecule has 1 fully saturated rings. The molecule has 1 amide bonds. The number of amides is 1. The van der Waals surface area contributed by atoms with Crippen molar-refractivity contribution in [1.82, 2.24) is 20.1 Å². The number of ether oxygens (including phenoxy) is 2. The van der Waals surface area contributed by atoms with E-state index in [1.165, 1.54) is 0 Å². The summed E-state index contributed by atoms with van der Waals surface area (Å²) in [7, 11) is 3.76. The molecular formula is C18H30N4O3. The quantitative estimate of drug-likeness (QED) is 0.662. The summed E-state index contributed by atoms with van der Waals surface area (Å²) in [6, 6.07) is 3.47. The lowest BCUT2D eigenvalue weighted by molar-refractivity contribution is 0.0928. The maximum Gasteiger partial charge on any atom is 0.256 e. The Hall–Kier alpha value is -1.70. The van der Waals surface area contributed by atoms with E-state index in [1.807, 2.05) is 0 Å². The van der Waals surface area contributed by atoms with Gasteiger partial charge < -0.3 is 24.6 Å². The number of nitrogens with one attached hydrogen (secondary N) is 1. The molecule has 0 bridgehead atoms. The second-order valence-corrected chi connectivity index (χ2v) is 6.62. The van der Waals surface area contributed by atoms with Crippen LogP contribution in [0.15, 0.2) is 18.3 Å². The molecule has 1 N–H and O–H groups in total. The molecule has 1 atom stereocenters. The number of methoxy groups -OCH3 is 1. The summed E-state index contributed by atoms with van der Waals surface area (Å²) in [5.41, 5.74) is 0.463. The Morgan fingerprint density at radius 2 is 2.08 bits per heavy atom. The lowest BCUT2D eigenvalue weighted by Crippen LogP contribution is -2.46. The van der Waals surface area contributed by atoms with Crippen LogP contribution in [0.1, 0.15) is 17.3 Å². The largest absolute Gasteiger partial charge is 0.475 e. The van der Waals surface area contributed by atoms with E-state index in [1.54, 1.807) is 25.4 Å². The predicted octanol–water partition coefficient (Wildman–Crippen LogP) is 0.720. The second-order valence-electron chi connectivity index (χ2n) is 6.62. The van der Waals surface area contributed by atoms with Crippen LogP contribution in [-0.2, 0) is 4.74 Å². The number of carbonyl (C=O) groups is 1. The molecule has 7 heteroatoms. The van der Waals surface area contributed by atoms with Crippen LogP contribution in [0.4, 0.5) is 0 Å². The number of hydrogen-bond donors (Lipinski definition) is 1. The molecule has 7 nitrogen and oxygen atoms in total. The summed E-state index contributed by atoms with van der Waals surface area (Å²) in [5, 5.41) is 3.00. The Labute approximate surface area is 150 Å². The van der Waals surface area contributed by atoms with Gasteiger partial charge in [-0.15, -0.1) is 0 Å². The fraction of sp³-hybridized carbons (Fsp3) is 0.667. The van der Waals surface area contributed by atoms with Crippen molar-refractivity contribution in [2.75, 3.05) is 66.6 Å². The first kappa shape index (κ1) is 19.6. The van der Waals surface area contributed by atoms with Gasteiger partial charge >= 0.3 is 0 Å². The van der Waals surface area contributed by atoms with Crippen molar-refractivity contribution in [2.24, 2.45) is 5.92 Å². The number of carbonyl (C=O) groups excluding carboxylic acids is 1. The second kappa shape index (κ2) is 10.3. The van der Waals surface area contributed by atoms with Gasteiger partial charge in [0.25, 0.3) is 5.91 Å². The van der Waals surface area contributed by atoms with Gasteiger partial charge in [0.2, 0.25) is 5.88 Å². The highest BCUT2D eigenvalue weighted by Gasteiger charge is 2.18. The van der Waals surface area contributed by atoms with E-state index in [2.05, 4.69) is 34.1 Å². The minimum atomic E-state index is -0.147. The molecule has 0 saturated carbocycles. The Morgan fingerprint density at radius 3 is 2.80 bits per heavy atom. The van der Waals surface area contributed by atoms with Crippen molar-refractivity contribution in [2.45, 2.75) is 6.92 Å². The molecular weight excluding hydrogens is 320 g/mol. The number of hydrogen-bond acceptors (Lipinski definition) is 6. The topological polar surface area (TPSA) is 66.9 Å². The third-order valence-electron chi connectivity index (χ3n) is 4.32. The summed E-state index contributed by atoms with van der Waals surface area (Å²) < 4.78 is 10.5. The molecule has 0 spiro atoms. The Kier molecular flexibility index (Phi) is 8.11. The molecule has 25 heavy (non-hydrogen) atoms. The highest BCUT2D eigenvalue weighted by molar-refractivity contribution is 5.96. The normalized spacial score (nSPS) is 17.2. The van der Waals surface area contributed by atoms with Crippen molar-refractivity contribution in [3.8, 4) is 5.88 Å². The molecule has 1 saturated heterocycles. The molecule has 140 valence electrons. The zero-order valence-corrected chi connectivity index (χ0v) is 15.5. The Balaban J connectivity index is 1.79. The molecule has 1 aliphatic heterocycles. The maximum atomic E-state index is 12.5. The van der Waals surface area contributed by atoms with Crippen molar-refractivity contribution in [3.63, 3.8) is 0 Å². The summed E-state index contributed by atoms with van der Waals surface area (Å²) >= 11 is 0. The van der Waals surface area contributed by atoms with Gasteiger partial charge in [0.05, 0.1) is 6.61 Å². The van der Waals surface area contributed by atoms with Crippen molar-refractivity contribution < 1.29 is 14.3 Å². The lowest BCUT2D eigenvalue weighted by atomic mass is 10.1. The van der Waals surface area contributed by atoms with Gasteiger partial charge in [0.15, 0.2) is 0 Å². The van der Waals surface area contributed by atoms with E-state index in [9.17, 15) is 4.79 Å². The van der Waals surface area contributed by atoms with Gasteiger partial charge in [0, 0.05) is 52.6 Å². The molecule has 2 rings (SSSR count). The average molecular weight is 350 g/mol. The smallest absolute Gasteiger partial charge is 0.256 e. The minimum Gasteiger partial charge on any atom is -0.475 e. The molecule has 0 aliphatic carbocycles. The summed E-state index contributed by atoms with van der Waals surface area (Å²) in [6.45, 7) is 9.03. The predicted molar refractivity (Wildman–Crippen MR) is 97.0 cm³/mol. The van der Waals surface area contributed by atoms with Crippen molar-refractivity contribution >= 4 is 5.91 Å². The van der Waals surface area contributed by atoms with E-state index in [0.29, 0.717) is 37.1 Å². The molecule has 1 aromatic heterocycles. The number of rotatable bonds is 9. The average Bonchev–Trinajstić information content (AvgIpc) is 2.62. The monoisotopic (exact) mass is 350 g/mol. The van der Waals surface area contributed by atoms with Crippen LogP contribution in [0, 0.1) is 5.92 Å². The fourth-order valence-corrected chi connectivity index (χ4v) is 2.80. The molecule has 2 heterocycles. The Morgan fingerprint density at radius 1 is 1.32 bits per heavy atom. The van der Waals surface area contributed by atoms with Gasteiger partial charge in [0.1, 0.15) is 12.2 Å². The van der Waals surface area contributed by atoms with Gasteiger partial charge in [-0.05, 0) is 25.1 Å². The molecule has 0 radical (unpaired) electrons. The summed E-state index contributed by atoms with van der Waals surface area (Å²) in [5.74, 6) is 0.594. The fourth-order valence-electron chi connectivity index (χ4n) is 2.80. The van der Waals surface area contributed by atoms with E-state index in [0.717, 1.165) is 32.7 Å². The van der Waals surface area contributed by atoms with Crippen LogP contribution in [0.25, 0.3) is 0 Å². The molecule has 1 unspecified atom stereocenters. The lowest BCUT2D eigenvalue weighted by Gasteiger charge is -2.33. The van der Waals surface area contributed by atoms with Gasteiger partial charge in [-0.3, -0.25) is 4.79 Å². The molecule has 1 aromatic rings. The highest BCUT2D eigenvalue weighted by atomic mass is 16.5. The first-order valence-corrected chi connectivity index (χ1v) is 8.86. The summed E-state index contributed by atoms with van der Waals surface area (Å²) in [6.07, 6.45) is 1.62. The molecule has 1 aliphatic rings. The highest BCUT2D eigenvalue weighted by Crippen LogP contribution is 2.14. The third kappa shape index (κ3) is 6.61. The van der Waals surface area contributed by atoms with Crippen LogP contribution in [0.3, 0.4) is 0 Å². The Bertz CT molecular complexity index is 533.